The Bertz CT molecular complexity index is 1300. The smallest absolute Gasteiger partial charge is 0.269 e. The number of aromatic amines is 1. The van der Waals surface area contributed by atoms with Crippen molar-refractivity contribution in [2.75, 3.05) is 5.32 Å². The standard InChI is InChI=1S/C23H18N4O4S/c1-14(28)24-19-8-4-2-6-17(19)21-23(32-16-12-10-15(11-13-16)27(30)31)26-22(25-21)18-7-3-5-9-20(18)29/h2-13,29H,1H3,(H,24,28)(H,25,26). The summed E-state index contributed by atoms with van der Waals surface area (Å²) in [5.41, 5.74) is 2.51. The second-order valence-corrected chi connectivity index (χ2v) is 7.92. The number of anilines is 1. The second-order valence-electron chi connectivity index (χ2n) is 6.86. The summed E-state index contributed by atoms with van der Waals surface area (Å²) in [4.78, 5) is 30.9. The van der Waals surface area contributed by atoms with Gasteiger partial charge < -0.3 is 15.4 Å². The molecule has 0 saturated heterocycles. The summed E-state index contributed by atoms with van der Waals surface area (Å²) < 4.78 is 0. The van der Waals surface area contributed by atoms with Crippen LogP contribution >= 0.6 is 11.8 Å². The third-order valence-corrected chi connectivity index (χ3v) is 5.60. The molecule has 1 amide bonds. The van der Waals surface area contributed by atoms with Crippen molar-refractivity contribution in [3.05, 3.63) is 82.9 Å². The predicted molar refractivity (Wildman–Crippen MR) is 123 cm³/mol. The number of imidazole rings is 1. The summed E-state index contributed by atoms with van der Waals surface area (Å²) in [6.07, 6.45) is 0. The molecule has 1 aromatic heterocycles. The summed E-state index contributed by atoms with van der Waals surface area (Å²) in [6.45, 7) is 1.43. The number of nitrogens with one attached hydrogen (secondary N) is 2. The zero-order valence-electron chi connectivity index (χ0n) is 16.9. The van der Waals surface area contributed by atoms with Crippen LogP contribution in [0, 0.1) is 10.1 Å². The van der Waals surface area contributed by atoms with E-state index in [-0.39, 0.29) is 17.3 Å². The number of hydrogen-bond donors (Lipinski definition) is 3. The zero-order chi connectivity index (χ0) is 22.7. The lowest BCUT2D eigenvalue weighted by Gasteiger charge is -2.10. The van der Waals surface area contributed by atoms with E-state index in [4.69, 9.17) is 4.98 Å². The highest BCUT2D eigenvalue weighted by molar-refractivity contribution is 7.99. The van der Waals surface area contributed by atoms with Gasteiger partial charge in [-0.3, -0.25) is 14.9 Å². The Labute approximate surface area is 187 Å². The van der Waals surface area contributed by atoms with Crippen molar-refractivity contribution in [2.24, 2.45) is 0 Å². The van der Waals surface area contributed by atoms with Crippen molar-refractivity contribution < 1.29 is 14.8 Å². The molecule has 0 atom stereocenters. The van der Waals surface area contributed by atoms with Gasteiger partial charge in [-0.25, -0.2) is 4.98 Å². The van der Waals surface area contributed by atoms with Gasteiger partial charge in [-0.05, 0) is 30.3 Å². The van der Waals surface area contributed by atoms with Crippen molar-refractivity contribution in [1.82, 2.24) is 9.97 Å². The van der Waals surface area contributed by atoms with Crippen LogP contribution in [0.15, 0.2) is 82.7 Å². The molecule has 1 heterocycles. The third kappa shape index (κ3) is 4.47. The van der Waals surface area contributed by atoms with Gasteiger partial charge in [-0.15, -0.1) is 0 Å². The van der Waals surface area contributed by atoms with Crippen LogP contribution in [0.1, 0.15) is 6.92 Å². The first-order chi connectivity index (χ1) is 15.4. The maximum absolute atomic E-state index is 11.7. The molecule has 4 aromatic rings. The molecule has 3 N–H and O–H groups in total. The Kier molecular flexibility index (Phi) is 5.91. The monoisotopic (exact) mass is 446 g/mol. The Balaban J connectivity index is 1.82. The number of phenols is 1. The minimum Gasteiger partial charge on any atom is -0.507 e. The molecular formula is C23H18N4O4S. The summed E-state index contributed by atoms with van der Waals surface area (Å²) in [7, 11) is 0. The molecule has 0 saturated carbocycles. The van der Waals surface area contributed by atoms with Gasteiger partial charge in [0.15, 0.2) is 0 Å². The molecule has 0 spiro atoms. The highest BCUT2D eigenvalue weighted by atomic mass is 32.2. The van der Waals surface area contributed by atoms with Crippen molar-refractivity contribution in [2.45, 2.75) is 16.8 Å². The largest absolute Gasteiger partial charge is 0.507 e. The maximum atomic E-state index is 11.7. The average Bonchev–Trinajstić information content (AvgIpc) is 3.17. The first-order valence-electron chi connectivity index (χ1n) is 9.60. The van der Waals surface area contributed by atoms with Crippen LogP contribution in [-0.2, 0) is 4.79 Å². The van der Waals surface area contributed by atoms with Gasteiger partial charge in [0.05, 0.1) is 21.9 Å². The highest BCUT2D eigenvalue weighted by Crippen LogP contribution is 2.40. The molecular weight excluding hydrogens is 428 g/mol. The summed E-state index contributed by atoms with van der Waals surface area (Å²) >= 11 is 1.32. The van der Waals surface area contributed by atoms with Crippen LogP contribution < -0.4 is 5.32 Å². The van der Waals surface area contributed by atoms with Crippen molar-refractivity contribution in [1.29, 1.82) is 0 Å². The fourth-order valence-electron chi connectivity index (χ4n) is 3.16. The van der Waals surface area contributed by atoms with Gasteiger partial charge in [0.1, 0.15) is 16.6 Å². The van der Waals surface area contributed by atoms with E-state index in [2.05, 4.69) is 10.3 Å². The van der Waals surface area contributed by atoms with Crippen molar-refractivity contribution >= 4 is 29.0 Å². The molecule has 0 aliphatic rings. The van der Waals surface area contributed by atoms with E-state index >= 15 is 0 Å². The number of hydrogen-bond acceptors (Lipinski definition) is 6. The predicted octanol–water partition coefficient (Wildman–Crippen LogP) is 5.47. The minimum absolute atomic E-state index is 0.00232. The molecule has 0 aliphatic heterocycles. The summed E-state index contributed by atoms with van der Waals surface area (Å²) in [5.74, 6) is 0.331. The number of para-hydroxylation sites is 2. The van der Waals surface area contributed by atoms with E-state index in [1.807, 2.05) is 18.2 Å². The molecule has 0 radical (unpaired) electrons. The third-order valence-electron chi connectivity index (χ3n) is 4.60. The molecule has 4 rings (SSSR count). The van der Waals surface area contributed by atoms with Crippen LogP contribution in [0.5, 0.6) is 5.75 Å². The normalized spacial score (nSPS) is 10.7. The number of H-pyrrole nitrogens is 1. The molecule has 0 unspecified atom stereocenters. The summed E-state index contributed by atoms with van der Waals surface area (Å²) in [5, 5.41) is 24.7. The number of phenolic OH excluding ortho intramolecular Hbond substituents is 1. The fraction of sp³-hybridized carbons (Fsp3) is 0.0435. The number of nitro groups is 1. The van der Waals surface area contributed by atoms with Gasteiger partial charge in [0, 0.05) is 29.5 Å². The Hall–Kier alpha value is -4.11. The molecule has 0 bridgehead atoms. The van der Waals surface area contributed by atoms with Gasteiger partial charge >= 0.3 is 0 Å². The quantitative estimate of drug-likeness (QED) is 0.267. The molecule has 160 valence electrons. The topological polar surface area (TPSA) is 121 Å². The number of carbonyl (C=O) groups excluding carboxylic acids is 1. The average molecular weight is 446 g/mol. The molecule has 0 fully saturated rings. The van der Waals surface area contributed by atoms with Crippen LogP contribution in [0.25, 0.3) is 22.6 Å². The van der Waals surface area contributed by atoms with E-state index in [0.717, 1.165) is 10.5 Å². The van der Waals surface area contributed by atoms with Gasteiger partial charge in [0.2, 0.25) is 5.91 Å². The van der Waals surface area contributed by atoms with E-state index in [1.54, 1.807) is 42.5 Å². The molecule has 8 nitrogen and oxygen atoms in total. The zero-order valence-corrected chi connectivity index (χ0v) is 17.7. The minimum atomic E-state index is -0.450. The van der Waals surface area contributed by atoms with Gasteiger partial charge in [0.25, 0.3) is 5.69 Å². The Morgan fingerprint density at radius 1 is 1.03 bits per heavy atom. The lowest BCUT2D eigenvalue weighted by molar-refractivity contribution is -0.384. The number of aromatic nitrogens is 2. The van der Waals surface area contributed by atoms with Gasteiger partial charge in [-0.2, -0.15) is 0 Å². The van der Waals surface area contributed by atoms with E-state index in [9.17, 15) is 20.0 Å². The fourth-order valence-corrected chi connectivity index (χ4v) is 4.06. The first-order valence-corrected chi connectivity index (χ1v) is 10.4. The summed E-state index contributed by atoms with van der Waals surface area (Å²) in [6, 6.07) is 20.3. The number of benzene rings is 3. The number of aromatic hydroxyl groups is 1. The highest BCUT2D eigenvalue weighted by Gasteiger charge is 2.19. The lowest BCUT2D eigenvalue weighted by Crippen LogP contribution is -2.06. The van der Waals surface area contributed by atoms with E-state index in [1.165, 1.54) is 30.8 Å². The number of nitro benzene ring substituents is 1. The van der Waals surface area contributed by atoms with Crippen molar-refractivity contribution in [3.63, 3.8) is 0 Å². The molecule has 9 heteroatoms. The lowest BCUT2D eigenvalue weighted by atomic mass is 10.1. The number of nitrogens with zero attached hydrogens (tertiary/aromatic N) is 2. The molecule has 3 aromatic carbocycles. The maximum Gasteiger partial charge on any atom is 0.269 e. The van der Waals surface area contributed by atoms with Gasteiger partial charge in [-0.1, -0.05) is 42.1 Å². The van der Waals surface area contributed by atoms with Crippen LogP contribution in [0.3, 0.4) is 0 Å². The van der Waals surface area contributed by atoms with E-state index in [0.29, 0.717) is 27.8 Å². The molecule has 0 aliphatic carbocycles. The van der Waals surface area contributed by atoms with Crippen LogP contribution in [-0.4, -0.2) is 25.9 Å². The SMILES string of the molecule is CC(=O)Nc1ccccc1-c1[nH]c(-c2ccccc2O)nc1Sc1ccc([N+](=O)[O-])cc1. The van der Waals surface area contributed by atoms with E-state index < -0.39 is 4.92 Å². The number of rotatable bonds is 6. The number of non-ortho nitro benzene ring substituents is 1. The van der Waals surface area contributed by atoms with Crippen molar-refractivity contribution in [3.8, 4) is 28.4 Å². The first kappa shape index (κ1) is 21.1. The number of carbonyl (C=O) groups is 1. The van der Waals surface area contributed by atoms with Crippen LogP contribution in [0.2, 0.25) is 0 Å². The number of amides is 1. The second kappa shape index (κ2) is 8.94. The Morgan fingerprint density at radius 2 is 1.69 bits per heavy atom. The Morgan fingerprint density at radius 3 is 2.34 bits per heavy atom. The molecule has 32 heavy (non-hydrogen) atoms. The van der Waals surface area contributed by atoms with Crippen LogP contribution in [0.4, 0.5) is 11.4 Å².